The largest absolute Gasteiger partial charge is 0.357 e. The van der Waals surface area contributed by atoms with Crippen molar-refractivity contribution in [3.63, 3.8) is 0 Å². The van der Waals surface area contributed by atoms with Gasteiger partial charge in [-0.2, -0.15) is 0 Å². The third kappa shape index (κ3) is 8.11. The van der Waals surface area contributed by atoms with Gasteiger partial charge in [0.1, 0.15) is 0 Å². The lowest BCUT2D eigenvalue weighted by molar-refractivity contribution is 0.470. The van der Waals surface area contributed by atoms with E-state index in [4.69, 9.17) is 5.14 Å². The van der Waals surface area contributed by atoms with Gasteiger partial charge < -0.3 is 10.2 Å². The van der Waals surface area contributed by atoms with E-state index in [0.717, 1.165) is 37.5 Å². The van der Waals surface area contributed by atoms with Crippen LogP contribution in [0, 0.1) is 0 Å². The smallest absolute Gasteiger partial charge is 0.238 e. The zero-order valence-corrected chi connectivity index (χ0v) is 17.4. The number of hydrogen-bond acceptors (Lipinski definition) is 3. The van der Waals surface area contributed by atoms with Crippen LogP contribution in [-0.2, 0) is 16.6 Å². The van der Waals surface area contributed by atoms with Gasteiger partial charge in [0.15, 0.2) is 5.96 Å². The van der Waals surface area contributed by atoms with Crippen LogP contribution in [0.5, 0.6) is 0 Å². The van der Waals surface area contributed by atoms with E-state index >= 15 is 0 Å². The molecule has 3 N–H and O–H groups in total. The van der Waals surface area contributed by atoms with Gasteiger partial charge in [-0.25, -0.2) is 18.5 Å². The van der Waals surface area contributed by atoms with Crippen LogP contribution in [-0.4, -0.2) is 39.4 Å². The fraction of sp³-hybridized carbons (Fsp3) is 0.438. The maximum absolute atomic E-state index is 11.4. The fourth-order valence-electron chi connectivity index (χ4n) is 2.04. The summed E-state index contributed by atoms with van der Waals surface area (Å²) in [4.78, 5) is 6.71. The number of primary sulfonamides is 1. The highest BCUT2D eigenvalue weighted by Crippen LogP contribution is 2.11. The number of halogens is 1. The van der Waals surface area contributed by atoms with E-state index in [1.807, 2.05) is 26.1 Å². The number of hydrogen-bond donors (Lipinski definition) is 2. The maximum Gasteiger partial charge on any atom is 0.238 e. The zero-order valence-electron chi connectivity index (χ0n) is 14.2. The van der Waals surface area contributed by atoms with Crippen LogP contribution in [0.25, 0.3) is 0 Å². The summed E-state index contributed by atoms with van der Waals surface area (Å²) in [5, 5.41) is 8.38. The van der Waals surface area contributed by atoms with E-state index in [-0.39, 0.29) is 28.9 Å². The average molecular weight is 466 g/mol. The quantitative estimate of drug-likeness (QED) is 0.202. The molecule has 0 fully saturated rings. The van der Waals surface area contributed by atoms with E-state index < -0.39 is 10.0 Å². The Morgan fingerprint density at radius 1 is 1.46 bits per heavy atom. The van der Waals surface area contributed by atoms with E-state index in [1.165, 1.54) is 6.07 Å². The van der Waals surface area contributed by atoms with Crippen LogP contribution >= 0.6 is 24.0 Å². The molecule has 136 valence electrons. The Bertz CT molecular complexity index is 647. The van der Waals surface area contributed by atoms with Gasteiger partial charge in [0.25, 0.3) is 0 Å². The van der Waals surface area contributed by atoms with Crippen molar-refractivity contribution in [1.82, 2.24) is 10.2 Å². The summed E-state index contributed by atoms with van der Waals surface area (Å²) in [5.74, 6) is 0.789. The number of nitrogens with one attached hydrogen (secondary N) is 1. The summed E-state index contributed by atoms with van der Waals surface area (Å²) in [5.41, 5.74) is 0.798. The predicted molar refractivity (Wildman–Crippen MR) is 110 cm³/mol. The van der Waals surface area contributed by atoms with Crippen molar-refractivity contribution in [1.29, 1.82) is 0 Å². The predicted octanol–water partition coefficient (Wildman–Crippen LogP) is 2.32. The van der Waals surface area contributed by atoms with E-state index in [0.29, 0.717) is 6.54 Å². The second-order valence-electron chi connectivity index (χ2n) is 5.22. The molecule has 0 heterocycles. The highest BCUT2D eigenvalue weighted by molar-refractivity contribution is 14.0. The summed E-state index contributed by atoms with van der Waals surface area (Å²) in [6.07, 6.45) is 3.86. The van der Waals surface area contributed by atoms with Crippen molar-refractivity contribution >= 4 is 40.0 Å². The summed E-state index contributed by atoms with van der Waals surface area (Å²) in [6.45, 7) is 7.75. The number of unbranched alkanes of at least 4 members (excludes halogenated alkanes) is 1. The molecule has 0 spiro atoms. The monoisotopic (exact) mass is 466 g/mol. The second kappa shape index (κ2) is 11.4. The molecule has 6 nitrogen and oxygen atoms in total. The first-order valence-corrected chi connectivity index (χ1v) is 9.15. The standard InChI is InChI=1S/C16H26N4O2S.HI/c1-4-6-7-11-20(3)16(18-5-2)19-13-14-9-8-10-15(12-14)23(17,21)22;/h4,8-10,12H,1,5-7,11,13H2,2-3H3,(H,18,19)(H2,17,21,22);1H. The van der Waals surface area contributed by atoms with Crippen LogP contribution in [0.4, 0.5) is 0 Å². The van der Waals surface area contributed by atoms with Gasteiger partial charge in [0.2, 0.25) is 10.0 Å². The van der Waals surface area contributed by atoms with Gasteiger partial charge in [-0.1, -0.05) is 18.2 Å². The Morgan fingerprint density at radius 2 is 2.17 bits per heavy atom. The molecule has 1 rings (SSSR count). The summed E-state index contributed by atoms with van der Waals surface area (Å²) in [7, 11) is -1.71. The van der Waals surface area contributed by atoms with Gasteiger partial charge in [-0.15, -0.1) is 30.6 Å². The number of rotatable bonds is 8. The molecule has 1 aromatic rings. The molecule has 8 heteroatoms. The zero-order chi connectivity index (χ0) is 17.3. The molecule has 0 atom stereocenters. The lowest BCUT2D eigenvalue weighted by Gasteiger charge is -2.21. The molecule has 0 bridgehead atoms. The number of nitrogens with zero attached hydrogens (tertiary/aromatic N) is 2. The van der Waals surface area contributed by atoms with Gasteiger partial charge in [0.05, 0.1) is 11.4 Å². The number of benzene rings is 1. The van der Waals surface area contributed by atoms with Gasteiger partial charge in [-0.3, -0.25) is 0 Å². The molecular weight excluding hydrogens is 439 g/mol. The SMILES string of the molecule is C=CCCCN(C)C(=NCc1cccc(S(N)(=O)=O)c1)NCC.I. The molecule has 0 aliphatic heterocycles. The molecule has 0 unspecified atom stereocenters. The lowest BCUT2D eigenvalue weighted by Crippen LogP contribution is -2.39. The van der Waals surface area contributed by atoms with Gasteiger partial charge >= 0.3 is 0 Å². The van der Waals surface area contributed by atoms with Crippen LogP contribution in [0.15, 0.2) is 46.8 Å². The van der Waals surface area contributed by atoms with Crippen molar-refractivity contribution in [2.75, 3.05) is 20.1 Å². The minimum Gasteiger partial charge on any atom is -0.357 e. The third-order valence-electron chi connectivity index (χ3n) is 3.24. The Morgan fingerprint density at radius 3 is 2.75 bits per heavy atom. The fourth-order valence-corrected chi connectivity index (χ4v) is 2.62. The third-order valence-corrected chi connectivity index (χ3v) is 4.15. The molecule has 0 saturated carbocycles. The topological polar surface area (TPSA) is 87.8 Å². The van der Waals surface area contributed by atoms with Crippen molar-refractivity contribution in [3.05, 3.63) is 42.5 Å². The van der Waals surface area contributed by atoms with Crippen molar-refractivity contribution in [3.8, 4) is 0 Å². The summed E-state index contributed by atoms with van der Waals surface area (Å²) < 4.78 is 22.8. The molecule has 0 aliphatic rings. The number of sulfonamides is 1. The normalized spacial score (nSPS) is 11.5. The van der Waals surface area contributed by atoms with E-state index in [2.05, 4.69) is 21.8 Å². The minimum atomic E-state index is -3.69. The first kappa shape index (κ1) is 22.9. The molecule has 0 radical (unpaired) electrons. The molecular formula is C16H27IN4O2S. The average Bonchev–Trinajstić information content (AvgIpc) is 2.51. The van der Waals surface area contributed by atoms with Crippen LogP contribution in [0.3, 0.4) is 0 Å². The highest BCUT2D eigenvalue weighted by Gasteiger charge is 2.08. The van der Waals surface area contributed by atoms with E-state index in [1.54, 1.807) is 12.1 Å². The van der Waals surface area contributed by atoms with Crippen LogP contribution in [0.2, 0.25) is 0 Å². The Hall–Kier alpha value is -1.13. The van der Waals surface area contributed by atoms with Crippen LogP contribution in [0.1, 0.15) is 25.3 Å². The first-order valence-electron chi connectivity index (χ1n) is 7.60. The van der Waals surface area contributed by atoms with Gasteiger partial charge in [0, 0.05) is 20.1 Å². The Balaban J connectivity index is 0.00000529. The molecule has 0 aromatic heterocycles. The van der Waals surface area contributed by atoms with Crippen molar-refractivity contribution in [2.24, 2.45) is 10.1 Å². The minimum absolute atomic E-state index is 0. The number of nitrogens with two attached hydrogens (primary N) is 1. The van der Waals surface area contributed by atoms with E-state index in [9.17, 15) is 8.42 Å². The Kier molecular flexibility index (Phi) is 10.9. The second-order valence-corrected chi connectivity index (χ2v) is 6.78. The number of guanidine groups is 1. The highest BCUT2D eigenvalue weighted by atomic mass is 127. The first-order chi connectivity index (χ1) is 10.9. The number of allylic oxidation sites excluding steroid dienone is 1. The van der Waals surface area contributed by atoms with Crippen molar-refractivity contribution < 1.29 is 8.42 Å². The lowest BCUT2D eigenvalue weighted by atomic mass is 10.2. The molecule has 1 aromatic carbocycles. The molecule has 0 aliphatic carbocycles. The maximum atomic E-state index is 11.4. The Labute approximate surface area is 162 Å². The summed E-state index contributed by atoms with van der Waals surface area (Å²) >= 11 is 0. The summed E-state index contributed by atoms with van der Waals surface area (Å²) in [6, 6.07) is 6.54. The number of aliphatic imine (C=N–C) groups is 1. The van der Waals surface area contributed by atoms with Crippen LogP contribution < -0.4 is 10.5 Å². The van der Waals surface area contributed by atoms with Gasteiger partial charge in [-0.05, 0) is 37.5 Å². The molecule has 24 heavy (non-hydrogen) atoms. The molecule has 0 saturated heterocycles. The van der Waals surface area contributed by atoms with Crippen molar-refractivity contribution in [2.45, 2.75) is 31.2 Å². The molecule has 0 amide bonds.